The monoisotopic (exact) mass is 253 g/mol. The summed E-state index contributed by atoms with van der Waals surface area (Å²) in [6.45, 7) is 0. The van der Waals surface area contributed by atoms with Crippen LogP contribution in [0.5, 0.6) is 5.75 Å². The molecule has 0 saturated heterocycles. The third-order valence-corrected chi connectivity index (χ3v) is 3.13. The number of aromatic nitrogens is 1. The normalized spacial score (nSPS) is 15.4. The summed E-state index contributed by atoms with van der Waals surface area (Å²) in [6, 6.07) is 7.73. The fourth-order valence-electron chi connectivity index (χ4n) is 1.63. The molecule has 2 nitrogen and oxygen atoms in total. The number of hydrogen-bond donors (Lipinski definition) is 0. The van der Waals surface area contributed by atoms with Gasteiger partial charge in [-0.2, -0.15) is 0 Å². The molecule has 1 heterocycles. The summed E-state index contributed by atoms with van der Waals surface area (Å²) >= 11 is 12.1. The van der Waals surface area contributed by atoms with Crippen molar-refractivity contribution >= 4 is 34.0 Å². The number of pyridine rings is 1. The molecule has 0 atom stereocenters. The zero-order valence-corrected chi connectivity index (χ0v) is 9.92. The lowest BCUT2D eigenvalue weighted by molar-refractivity contribution is 0.306. The Morgan fingerprint density at radius 3 is 2.44 bits per heavy atom. The topological polar surface area (TPSA) is 22.1 Å². The van der Waals surface area contributed by atoms with Crippen molar-refractivity contribution < 1.29 is 4.74 Å². The van der Waals surface area contributed by atoms with E-state index in [-0.39, 0.29) is 0 Å². The van der Waals surface area contributed by atoms with Crippen LogP contribution in [-0.2, 0) is 0 Å². The van der Waals surface area contributed by atoms with Gasteiger partial charge in [0.2, 0.25) is 0 Å². The van der Waals surface area contributed by atoms with Crippen molar-refractivity contribution in [3.63, 3.8) is 0 Å². The van der Waals surface area contributed by atoms with Gasteiger partial charge in [-0.3, -0.25) is 0 Å². The highest BCUT2D eigenvalue weighted by Gasteiger charge is 2.26. The fourth-order valence-corrected chi connectivity index (χ4v) is 2.16. The van der Waals surface area contributed by atoms with Gasteiger partial charge >= 0.3 is 0 Å². The summed E-state index contributed by atoms with van der Waals surface area (Å²) < 4.78 is 5.77. The largest absolute Gasteiger partial charge is 0.487 e. The van der Waals surface area contributed by atoms with Crippen LogP contribution in [0.1, 0.15) is 12.8 Å². The minimum absolute atomic E-state index is 0.295. The van der Waals surface area contributed by atoms with Crippen LogP contribution in [0.15, 0.2) is 24.3 Å². The van der Waals surface area contributed by atoms with Crippen LogP contribution in [0, 0.1) is 0 Å². The van der Waals surface area contributed by atoms with Crippen LogP contribution >= 0.6 is 23.2 Å². The van der Waals surface area contributed by atoms with Crippen LogP contribution in [0.25, 0.3) is 10.8 Å². The van der Waals surface area contributed by atoms with Gasteiger partial charge in [-0.05, 0) is 12.8 Å². The highest BCUT2D eigenvalue weighted by Crippen LogP contribution is 2.38. The second kappa shape index (κ2) is 3.79. The molecule has 3 rings (SSSR count). The molecule has 1 aliphatic carbocycles. The Balaban J connectivity index is 2.23. The van der Waals surface area contributed by atoms with E-state index in [9.17, 15) is 0 Å². The van der Waals surface area contributed by atoms with Gasteiger partial charge in [-0.1, -0.05) is 47.5 Å². The van der Waals surface area contributed by atoms with Crippen LogP contribution < -0.4 is 4.74 Å². The second-order valence-electron chi connectivity index (χ2n) is 3.89. The molecule has 1 aliphatic rings. The van der Waals surface area contributed by atoms with E-state index in [1.165, 1.54) is 0 Å². The first kappa shape index (κ1) is 10.2. The lowest BCUT2D eigenvalue weighted by atomic mass is 10.2. The number of benzene rings is 1. The van der Waals surface area contributed by atoms with Crippen LogP contribution in [0.2, 0.25) is 10.3 Å². The summed E-state index contributed by atoms with van der Waals surface area (Å²) in [7, 11) is 0. The van der Waals surface area contributed by atoms with Crippen molar-refractivity contribution in [1.82, 2.24) is 4.98 Å². The van der Waals surface area contributed by atoms with Gasteiger partial charge in [0, 0.05) is 10.8 Å². The van der Waals surface area contributed by atoms with Crippen molar-refractivity contribution in [3.05, 3.63) is 34.6 Å². The van der Waals surface area contributed by atoms with E-state index in [0.717, 1.165) is 23.6 Å². The molecule has 82 valence electrons. The van der Waals surface area contributed by atoms with Crippen LogP contribution in [-0.4, -0.2) is 11.1 Å². The molecule has 1 saturated carbocycles. The smallest absolute Gasteiger partial charge is 0.173 e. The standard InChI is InChI=1S/C12H9Cl2NO/c13-11-9-4-2-1-3-8(9)10(12(14)15-11)16-7-5-6-7/h1-4,7H,5-6H2. The Kier molecular flexibility index (Phi) is 2.41. The predicted molar refractivity (Wildman–Crippen MR) is 65.4 cm³/mol. The van der Waals surface area contributed by atoms with Crippen molar-refractivity contribution in [3.8, 4) is 5.75 Å². The Bertz CT molecular complexity index is 552. The van der Waals surface area contributed by atoms with Crippen molar-refractivity contribution in [2.24, 2.45) is 0 Å². The highest BCUT2D eigenvalue weighted by atomic mass is 35.5. The zero-order valence-electron chi connectivity index (χ0n) is 8.41. The van der Waals surface area contributed by atoms with Crippen molar-refractivity contribution in [2.75, 3.05) is 0 Å². The van der Waals surface area contributed by atoms with Gasteiger partial charge < -0.3 is 4.74 Å². The zero-order chi connectivity index (χ0) is 11.1. The van der Waals surface area contributed by atoms with E-state index >= 15 is 0 Å². The maximum atomic E-state index is 6.06. The number of nitrogens with zero attached hydrogens (tertiary/aromatic N) is 1. The van der Waals surface area contributed by atoms with Gasteiger partial charge in [0.05, 0.1) is 6.10 Å². The van der Waals surface area contributed by atoms with Crippen LogP contribution in [0.3, 0.4) is 0 Å². The summed E-state index contributed by atoms with van der Waals surface area (Å²) in [4.78, 5) is 4.09. The third-order valence-electron chi connectivity index (χ3n) is 2.59. The summed E-state index contributed by atoms with van der Waals surface area (Å²) in [5, 5.41) is 2.57. The van der Waals surface area contributed by atoms with Gasteiger partial charge in [0.1, 0.15) is 5.15 Å². The quantitative estimate of drug-likeness (QED) is 0.753. The highest BCUT2D eigenvalue weighted by molar-refractivity contribution is 6.37. The molecular weight excluding hydrogens is 245 g/mol. The minimum Gasteiger partial charge on any atom is -0.487 e. The maximum Gasteiger partial charge on any atom is 0.173 e. The molecule has 0 amide bonds. The maximum absolute atomic E-state index is 6.06. The average Bonchev–Trinajstić information content (AvgIpc) is 3.08. The summed E-state index contributed by atoms with van der Waals surface area (Å²) in [5.41, 5.74) is 0. The molecule has 1 aromatic heterocycles. The number of ether oxygens (including phenoxy) is 1. The summed E-state index contributed by atoms with van der Waals surface area (Å²) in [5.74, 6) is 0.657. The number of fused-ring (bicyclic) bond motifs is 1. The van der Waals surface area contributed by atoms with E-state index in [1.807, 2.05) is 24.3 Å². The minimum atomic E-state index is 0.295. The fraction of sp³-hybridized carbons (Fsp3) is 0.250. The molecule has 0 N–H and O–H groups in total. The Morgan fingerprint density at radius 2 is 1.75 bits per heavy atom. The van der Waals surface area contributed by atoms with Gasteiger partial charge in [0.15, 0.2) is 10.9 Å². The lowest BCUT2D eigenvalue weighted by Gasteiger charge is -2.10. The van der Waals surface area contributed by atoms with Gasteiger partial charge in [0.25, 0.3) is 0 Å². The molecule has 16 heavy (non-hydrogen) atoms. The molecule has 1 fully saturated rings. The van der Waals surface area contributed by atoms with Gasteiger partial charge in [-0.25, -0.2) is 4.98 Å². The average molecular weight is 254 g/mol. The van der Waals surface area contributed by atoms with Crippen LogP contribution in [0.4, 0.5) is 0 Å². The van der Waals surface area contributed by atoms with E-state index in [0.29, 0.717) is 22.2 Å². The molecule has 0 bridgehead atoms. The van der Waals surface area contributed by atoms with E-state index in [2.05, 4.69) is 4.98 Å². The van der Waals surface area contributed by atoms with Crippen molar-refractivity contribution in [1.29, 1.82) is 0 Å². The molecule has 0 radical (unpaired) electrons. The Labute approximate surface area is 103 Å². The Hall–Kier alpha value is -0.990. The third kappa shape index (κ3) is 1.72. The Morgan fingerprint density at radius 1 is 1.06 bits per heavy atom. The summed E-state index contributed by atoms with van der Waals surface area (Å²) in [6.07, 6.45) is 2.48. The SMILES string of the molecule is Clc1nc(Cl)c2ccccc2c1OC1CC1. The number of halogens is 2. The van der Waals surface area contributed by atoms with E-state index < -0.39 is 0 Å². The van der Waals surface area contributed by atoms with E-state index in [4.69, 9.17) is 27.9 Å². The first-order valence-electron chi connectivity index (χ1n) is 5.16. The molecule has 4 heteroatoms. The lowest BCUT2D eigenvalue weighted by Crippen LogP contribution is -1.99. The molecular formula is C12H9Cl2NO. The second-order valence-corrected chi connectivity index (χ2v) is 4.60. The first-order chi connectivity index (χ1) is 7.75. The number of rotatable bonds is 2. The molecule has 0 spiro atoms. The molecule has 1 aromatic carbocycles. The van der Waals surface area contributed by atoms with E-state index in [1.54, 1.807) is 0 Å². The molecule has 0 unspecified atom stereocenters. The molecule has 0 aliphatic heterocycles. The number of hydrogen-bond acceptors (Lipinski definition) is 2. The van der Waals surface area contributed by atoms with Crippen molar-refractivity contribution in [2.45, 2.75) is 18.9 Å². The van der Waals surface area contributed by atoms with Gasteiger partial charge in [-0.15, -0.1) is 0 Å². The predicted octanol–water partition coefficient (Wildman–Crippen LogP) is 4.08. The molecule has 2 aromatic rings. The first-order valence-corrected chi connectivity index (χ1v) is 5.91.